The van der Waals surface area contributed by atoms with Gasteiger partial charge >= 0.3 is 0 Å². The van der Waals surface area contributed by atoms with Gasteiger partial charge in [0.25, 0.3) is 0 Å². The lowest BCUT2D eigenvalue weighted by Gasteiger charge is -2.35. The van der Waals surface area contributed by atoms with Gasteiger partial charge in [0.2, 0.25) is 0 Å². The molecule has 1 saturated carbocycles. The molecule has 1 aliphatic carbocycles. The molecule has 0 N–H and O–H groups in total. The lowest BCUT2D eigenvalue weighted by atomic mass is 9.94. The summed E-state index contributed by atoms with van der Waals surface area (Å²) >= 11 is 5.68. The molecular weight excluding hydrogens is 282 g/mol. The molecule has 0 amide bonds. The van der Waals surface area contributed by atoms with Crippen LogP contribution in [0.15, 0.2) is 0 Å². The van der Waals surface area contributed by atoms with Gasteiger partial charge in [-0.3, -0.25) is 0 Å². The van der Waals surface area contributed by atoms with Crippen molar-refractivity contribution < 1.29 is 0 Å². The summed E-state index contributed by atoms with van der Waals surface area (Å²) in [4.78, 5) is 3.58. The first-order chi connectivity index (χ1) is 10.3. The van der Waals surface area contributed by atoms with E-state index in [4.69, 9.17) is 12.2 Å². The normalized spacial score (nSPS) is 16.1. The zero-order valence-electron chi connectivity index (χ0n) is 13.3. The van der Waals surface area contributed by atoms with Crippen LogP contribution >= 0.6 is 12.2 Å². The van der Waals surface area contributed by atoms with Crippen molar-refractivity contribution in [3.63, 3.8) is 0 Å². The van der Waals surface area contributed by atoms with Gasteiger partial charge in [-0.05, 0) is 50.0 Å². The smallest absolute Gasteiger partial charge is 0.151 e. The molecule has 0 unspecified atom stereocenters. The van der Waals surface area contributed by atoms with Crippen LogP contribution in [0.4, 0.5) is 0 Å². The molecule has 0 aliphatic heterocycles. The van der Waals surface area contributed by atoms with E-state index in [1.54, 1.807) is 0 Å². The molecule has 1 aromatic rings. The summed E-state index contributed by atoms with van der Waals surface area (Å²) in [6.45, 7) is 6.15. The molecule has 5 nitrogen and oxygen atoms in total. The second-order valence-electron chi connectivity index (χ2n) is 5.74. The molecule has 1 aromatic heterocycles. The molecule has 0 bridgehead atoms. The van der Waals surface area contributed by atoms with E-state index in [-0.39, 0.29) is 0 Å². The fourth-order valence-corrected chi connectivity index (χ4v) is 3.64. The molecule has 6 heteroatoms. The highest BCUT2D eigenvalue weighted by atomic mass is 32.1. The van der Waals surface area contributed by atoms with E-state index < -0.39 is 0 Å². The Morgan fingerprint density at radius 3 is 2.71 bits per heavy atom. The van der Waals surface area contributed by atoms with Gasteiger partial charge in [-0.1, -0.05) is 31.5 Å². The van der Waals surface area contributed by atoms with Crippen molar-refractivity contribution in [2.24, 2.45) is 0 Å². The van der Waals surface area contributed by atoms with Gasteiger partial charge in [0.05, 0.1) is 4.99 Å². The van der Waals surface area contributed by atoms with Crippen LogP contribution in [0.1, 0.15) is 64.6 Å². The van der Waals surface area contributed by atoms with E-state index in [1.165, 1.54) is 32.1 Å². The van der Waals surface area contributed by atoms with Crippen molar-refractivity contribution in [3.05, 3.63) is 5.82 Å². The minimum Gasteiger partial charge on any atom is -0.363 e. The van der Waals surface area contributed by atoms with Crippen LogP contribution in [0, 0.1) is 0 Å². The molecule has 1 aliphatic rings. The van der Waals surface area contributed by atoms with Crippen molar-refractivity contribution in [1.82, 2.24) is 25.1 Å². The molecule has 1 heterocycles. The number of aryl methyl sites for hydroxylation is 2. The Morgan fingerprint density at radius 2 is 2.05 bits per heavy atom. The average molecular weight is 309 g/mol. The molecule has 21 heavy (non-hydrogen) atoms. The number of tetrazole rings is 1. The molecule has 1 fully saturated rings. The van der Waals surface area contributed by atoms with E-state index in [0.717, 1.165) is 43.2 Å². The minimum atomic E-state index is 0.678. The Bertz CT molecular complexity index is 439. The van der Waals surface area contributed by atoms with E-state index in [1.807, 2.05) is 4.68 Å². The summed E-state index contributed by atoms with van der Waals surface area (Å²) in [6.07, 6.45) is 9.62. The molecule has 0 aromatic carbocycles. The standard InChI is InChI=1S/C15H27N5S/c1-3-19(13-9-6-5-7-10-13)15(21)12-8-11-14-16-17-18-20(14)4-2/h13H,3-12H2,1-2H3. The minimum absolute atomic E-state index is 0.678. The van der Waals surface area contributed by atoms with Crippen molar-refractivity contribution >= 4 is 17.2 Å². The Kier molecular flexibility index (Phi) is 6.54. The van der Waals surface area contributed by atoms with Crippen LogP contribution < -0.4 is 0 Å². The summed E-state index contributed by atoms with van der Waals surface area (Å²) in [7, 11) is 0. The van der Waals surface area contributed by atoms with Gasteiger partial charge in [-0.25, -0.2) is 4.68 Å². The summed E-state index contributed by atoms with van der Waals surface area (Å²) in [5.74, 6) is 0.973. The highest BCUT2D eigenvalue weighted by molar-refractivity contribution is 7.80. The van der Waals surface area contributed by atoms with Gasteiger partial charge in [-0.2, -0.15) is 0 Å². The Morgan fingerprint density at radius 1 is 1.29 bits per heavy atom. The van der Waals surface area contributed by atoms with Crippen LogP contribution in [0.2, 0.25) is 0 Å². The molecule has 0 saturated heterocycles. The molecular formula is C15H27N5S. The number of nitrogens with zero attached hydrogens (tertiary/aromatic N) is 5. The van der Waals surface area contributed by atoms with Gasteiger partial charge in [0, 0.05) is 25.6 Å². The second-order valence-corrected chi connectivity index (χ2v) is 6.21. The fraction of sp³-hybridized carbons (Fsp3) is 0.867. The lowest BCUT2D eigenvalue weighted by Crippen LogP contribution is -2.40. The third-order valence-electron chi connectivity index (χ3n) is 4.37. The number of hydrogen-bond acceptors (Lipinski definition) is 4. The van der Waals surface area contributed by atoms with Gasteiger partial charge in [0.1, 0.15) is 0 Å². The first-order valence-corrected chi connectivity index (χ1v) is 8.71. The maximum atomic E-state index is 5.68. The molecule has 2 rings (SSSR count). The first-order valence-electron chi connectivity index (χ1n) is 8.30. The van der Waals surface area contributed by atoms with Crippen LogP contribution in [0.5, 0.6) is 0 Å². The van der Waals surface area contributed by atoms with Crippen molar-refractivity contribution in [1.29, 1.82) is 0 Å². The van der Waals surface area contributed by atoms with Crippen LogP contribution in [-0.4, -0.2) is 42.7 Å². The van der Waals surface area contributed by atoms with E-state index in [2.05, 4.69) is 34.3 Å². The number of hydrogen-bond donors (Lipinski definition) is 0. The zero-order valence-corrected chi connectivity index (χ0v) is 14.1. The van der Waals surface area contributed by atoms with Crippen molar-refractivity contribution in [2.75, 3.05) is 6.54 Å². The topological polar surface area (TPSA) is 46.8 Å². The predicted octanol–water partition coefficient (Wildman–Crippen LogP) is 3.00. The largest absolute Gasteiger partial charge is 0.363 e. The van der Waals surface area contributed by atoms with E-state index in [0.29, 0.717) is 6.04 Å². The SMILES string of the molecule is CCN(C(=S)CCCc1nnnn1CC)C1CCCCC1. The van der Waals surface area contributed by atoms with Gasteiger partial charge < -0.3 is 4.90 Å². The quantitative estimate of drug-likeness (QED) is 0.725. The number of aromatic nitrogens is 4. The molecule has 118 valence electrons. The Balaban J connectivity index is 1.79. The molecule has 0 spiro atoms. The van der Waals surface area contributed by atoms with Crippen molar-refractivity contribution in [3.8, 4) is 0 Å². The van der Waals surface area contributed by atoms with E-state index in [9.17, 15) is 0 Å². The first kappa shape index (κ1) is 16.3. The molecule has 0 atom stereocenters. The Labute approximate surface area is 133 Å². The van der Waals surface area contributed by atoms with Crippen LogP contribution in [0.25, 0.3) is 0 Å². The zero-order chi connectivity index (χ0) is 15.1. The van der Waals surface area contributed by atoms with E-state index >= 15 is 0 Å². The second kappa shape index (κ2) is 8.41. The van der Waals surface area contributed by atoms with Crippen LogP contribution in [0.3, 0.4) is 0 Å². The van der Waals surface area contributed by atoms with Gasteiger partial charge in [-0.15, -0.1) is 5.10 Å². The monoisotopic (exact) mass is 309 g/mol. The third-order valence-corrected chi connectivity index (χ3v) is 4.81. The van der Waals surface area contributed by atoms with Crippen LogP contribution in [-0.2, 0) is 13.0 Å². The highest BCUT2D eigenvalue weighted by Crippen LogP contribution is 2.23. The maximum absolute atomic E-state index is 5.68. The fourth-order valence-electron chi connectivity index (χ4n) is 3.22. The molecule has 0 radical (unpaired) electrons. The number of thiocarbonyl (C=S) groups is 1. The predicted molar refractivity (Wildman–Crippen MR) is 88.3 cm³/mol. The van der Waals surface area contributed by atoms with Gasteiger partial charge in [0.15, 0.2) is 5.82 Å². The maximum Gasteiger partial charge on any atom is 0.151 e. The highest BCUT2D eigenvalue weighted by Gasteiger charge is 2.21. The third kappa shape index (κ3) is 4.46. The lowest BCUT2D eigenvalue weighted by molar-refractivity contribution is 0.251. The summed E-state index contributed by atoms with van der Waals surface area (Å²) in [6, 6.07) is 0.678. The Hall–Kier alpha value is -1.04. The summed E-state index contributed by atoms with van der Waals surface area (Å²) < 4.78 is 1.86. The summed E-state index contributed by atoms with van der Waals surface area (Å²) in [5.41, 5.74) is 0. The average Bonchev–Trinajstić information content (AvgIpc) is 2.96. The summed E-state index contributed by atoms with van der Waals surface area (Å²) in [5, 5.41) is 11.8. The number of rotatable bonds is 7. The van der Waals surface area contributed by atoms with Crippen molar-refractivity contribution in [2.45, 2.75) is 77.8 Å².